The van der Waals surface area contributed by atoms with Crippen LogP contribution in [-0.2, 0) is 4.79 Å². The second-order valence-electron chi connectivity index (χ2n) is 5.81. The number of amides is 2. The minimum atomic E-state index is -1.36. The molecule has 0 aliphatic heterocycles. The fourth-order valence-corrected chi connectivity index (χ4v) is 2.73. The molecule has 0 aliphatic carbocycles. The Hall–Kier alpha value is -1.57. The van der Waals surface area contributed by atoms with Gasteiger partial charge in [-0.3, -0.25) is 20.4 Å². The van der Waals surface area contributed by atoms with Gasteiger partial charge in [-0.25, -0.2) is 0 Å². The van der Waals surface area contributed by atoms with Crippen LogP contribution < -0.4 is 16.6 Å². The summed E-state index contributed by atoms with van der Waals surface area (Å²) in [5.41, 5.74) is 11.8. The fraction of sp³-hybridized carbons (Fsp3) is 0.529. The van der Waals surface area contributed by atoms with Gasteiger partial charge in [0.05, 0.1) is 0 Å². The van der Waals surface area contributed by atoms with Gasteiger partial charge in [-0.05, 0) is 41.5 Å². The lowest BCUT2D eigenvalue weighted by molar-refractivity contribution is -0.131. The number of nitrogens with one attached hydrogen (secondary N) is 2. The van der Waals surface area contributed by atoms with Crippen molar-refractivity contribution in [3.63, 3.8) is 0 Å². The number of hydrogen-bond acceptors (Lipinski definition) is 5. The second kappa shape index (κ2) is 10.3. The molecule has 0 saturated carbocycles. The number of thioether (sulfide) groups is 1. The quantitative estimate of drug-likeness (QED) is 0.418. The highest BCUT2D eigenvalue weighted by Crippen LogP contribution is 2.14. The van der Waals surface area contributed by atoms with E-state index in [1.165, 1.54) is 0 Å². The third kappa shape index (κ3) is 6.51. The van der Waals surface area contributed by atoms with Crippen LogP contribution >= 0.6 is 11.8 Å². The van der Waals surface area contributed by atoms with Crippen molar-refractivity contribution in [2.75, 3.05) is 11.5 Å². The minimum absolute atomic E-state index is 0.379. The third-order valence-electron chi connectivity index (χ3n) is 3.61. The number of carbonyl (C=O) groups is 2. The van der Waals surface area contributed by atoms with Crippen molar-refractivity contribution in [2.24, 2.45) is 5.73 Å². The van der Waals surface area contributed by atoms with E-state index in [0.29, 0.717) is 17.9 Å². The molecule has 1 aromatic carbocycles. The number of hydrogen-bond donors (Lipinski definition) is 4. The van der Waals surface area contributed by atoms with E-state index in [0.717, 1.165) is 17.1 Å². The average Bonchev–Trinajstić information content (AvgIpc) is 2.58. The molecular weight excluding hydrogens is 326 g/mol. The Morgan fingerprint density at radius 2 is 1.83 bits per heavy atom. The van der Waals surface area contributed by atoms with Crippen molar-refractivity contribution in [3.05, 3.63) is 35.4 Å². The molecule has 0 bridgehead atoms. The molecular formula is C17H27N3O3S. The maximum absolute atomic E-state index is 12.0. The van der Waals surface area contributed by atoms with Crippen LogP contribution in [-0.4, -0.2) is 40.6 Å². The van der Waals surface area contributed by atoms with Gasteiger partial charge in [0.2, 0.25) is 0 Å². The summed E-state index contributed by atoms with van der Waals surface area (Å²) >= 11 is 1.69. The molecule has 2 amide bonds. The smallest absolute Gasteiger partial charge is 0.269 e. The maximum atomic E-state index is 12.0. The first-order chi connectivity index (χ1) is 11.4. The van der Waals surface area contributed by atoms with E-state index < -0.39 is 24.0 Å². The Morgan fingerprint density at radius 3 is 2.38 bits per heavy atom. The van der Waals surface area contributed by atoms with Crippen molar-refractivity contribution in [3.8, 4) is 0 Å². The zero-order valence-corrected chi connectivity index (χ0v) is 15.2. The van der Waals surface area contributed by atoms with Gasteiger partial charge < -0.3 is 10.8 Å². The Morgan fingerprint density at radius 1 is 1.21 bits per heavy atom. The molecule has 0 saturated heterocycles. The number of nitrogens with two attached hydrogens (primary N) is 1. The predicted octanol–water partition coefficient (Wildman–Crippen LogP) is 1.40. The normalized spacial score (nSPS) is 13.4. The summed E-state index contributed by atoms with van der Waals surface area (Å²) in [5, 5.41) is 9.87. The van der Waals surface area contributed by atoms with Crippen LogP contribution in [0, 0.1) is 0 Å². The highest BCUT2D eigenvalue weighted by atomic mass is 32.2. The van der Waals surface area contributed by atoms with E-state index in [1.54, 1.807) is 23.9 Å². The molecule has 1 unspecified atom stereocenters. The van der Waals surface area contributed by atoms with Gasteiger partial charge >= 0.3 is 0 Å². The summed E-state index contributed by atoms with van der Waals surface area (Å²) in [4.78, 5) is 23.8. The number of rotatable bonds is 8. The van der Waals surface area contributed by atoms with Gasteiger partial charge in [-0.15, -0.1) is 0 Å². The molecule has 7 heteroatoms. The Kier molecular flexibility index (Phi) is 8.81. The van der Waals surface area contributed by atoms with E-state index in [2.05, 4.69) is 24.7 Å². The fourth-order valence-electron chi connectivity index (χ4n) is 2.00. The molecule has 1 aromatic rings. The van der Waals surface area contributed by atoms with Crippen LogP contribution in [0.5, 0.6) is 0 Å². The lowest BCUT2D eigenvalue weighted by atomic mass is 10.0. The van der Waals surface area contributed by atoms with E-state index in [1.807, 2.05) is 19.1 Å². The standard InChI is InChI=1S/C17H27N3O3S/c1-4-24-10-9-14(18)15(21)17(23)20-19-16(22)13-7-5-12(6-8-13)11(2)3/h5-8,11,14-15,21H,4,9-10,18H2,1-3H3,(H,19,22)(H,20,23)/t14-,15?/m1/s1. The number of carbonyl (C=O) groups excluding carboxylic acids is 2. The predicted molar refractivity (Wildman–Crippen MR) is 97.7 cm³/mol. The summed E-state index contributed by atoms with van der Waals surface area (Å²) < 4.78 is 0. The second-order valence-corrected chi connectivity index (χ2v) is 7.21. The van der Waals surface area contributed by atoms with Crippen LogP contribution in [0.3, 0.4) is 0 Å². The van der Waals surface area contributed by atoms with Gasteiger partial charge in [0, 0.05) is 11.6 Å². The zero-order valence-electron chi connectivity index (χ0n) is 14.4. The molecule has 0 heterocycles. The first kappa shape index (κ1) is 20.5. The van der Waals surface area contributed by atoms with Crippen LogP contribution in [0.2, 0.25) is 0 Å². The molecule has 1 rings (SSSR count). The molecule has 0 aromatic heterocycles. The van der Waals surface area contributed by atoms with Crippen molar-refractivity contribution in [1.29, 1.82) is 0 Å². The molecule has 134 valence electrons. The topological polar surface area (TPSA) is 104 Å². The monoisotopic (exact) mass is 353 g/mol. The first-order valence-corrected chi connectivity index (χ1v) is 9.23. The number of hydrazine groups is 1. The van der Waals surface area contributed by atoms with E-state index in [9.17, 15) is 14.7 Å². The largest absolute Gasteiger partial charge is 0.382 e. The van der Waals surface area contributed by atoms with E-state index in [-0.39, 0.29) is 0 Å². The van der Waals surface area contributed by atoms with Crippen molar-refractivity contribution >= 4 is 23.6 Å². The number of aliphatic hydroxyl groups is 1. The third-order valence-corrected chi connectivity index (χ3v) is 4.55. The Balaban J connectivity index is 2.46. The van der Waals surface area contributed by atoms with Crippen LogP contribution in [0.4, 0.5) is 0 Å². The number of aliphatic hydroxyl groups excluding tert-OH is 1. The van der Waals surface area contributed by atoms with Crippen molar-refractivity contribution in [1.82, 2.24) is 10.9 Å². The van der Waals surface area contributed by atoms with Gasteiger partial charge in [-0.2, -0.15) is 11.8 Å². The van der Waals surface area contributed by atoms with E-state index in [4.69, 9.17) is 5.73 Å². The number of benzene rings is 1. The summed E-state index contributed by atoms with van der Waals surface area (Å²) in [6, 6.07) is 6.48. The molecule has 6 nitrogen and oxygen atoms in total. The van der Waals surface area contributed by atoms with Gasteiger partial charge in [-0.1, -0.05) is 32.9 Å². The summed E-state index contributed by atoms with van der Waals surface area (Å²) in [6.07, 6.45) is -0.830. The minimum Gasteiger partial charge on any atom is -0.382 e. The Bertz CT molecular complexity index is 534. The average molecular weight is 353 g/mol. The van der Waals surface area contributed by atoms with Crippen LogP contribution in [0.25, 0.3) is 0 Å². The zero-order chi connectivity index (χ0) is 18.1. The van der Waals surface area contributed by atoms with E-state index >= 15 is 0 Å². The summed E-state index contributed by atoms with van der Waals surface area (Å²) in [5.74, 6) is 0.957. The highest BCUT2D eigenvalue weighted by Gasteiger charge is 2.23. The van der Waals surface area contributed by atoms with Gasteiger partial charge in [0.15, 0.2) is 0 Å². The molecule has 2 atom stereocenters. The van der Waals surface area contributed by atoms with Gasteiger partial charge in [0.1, 0.15) is 6.10 Å². The van der Waals surface area contributed by atoms with Crippen molar-refractivity contribution < 1.29 is 14.7 Å². The summed E-state index contributed by atoms with van der Waals surface area (Å²) in [6.45, 7) is 6.17. The van der Waals surface area contributed by atoms with Crippen molar-refractivity contribution in [2.45, 2.75) is 45.3 Å². The van der Waals surface area contributed by atoms with Gasteiger partial charge in [0.25, 0.3) is 11.8 Å². The first-order valence-electron chi connectivity index (χ1n) is 8.08. The molecule has 0 fully saturated rings. The molecule has 0 aliphatic rings. The highest BCUT2D eigenvalue weighted by molar-refractivity contribution is 7.99. The van der Waals surface area contributed by atoms with Crippen LogP contribution in [0.1, 0.15) is 49.0 Å². The molecule has 5 N–H and O–H groups in total. The lowest BCUT2D eigenvalue weighted by Crippen LogP contribution is -2.52. The Labute approximate surface area is 147 Å². The molecule has 24 heavy (non-hydrogen) atoms. The molecule has 0 radical (unpaired) electrons. The van der Waals surface area contributed by atoms with Crippen LogP contribution in [0.15, 0.2) is 24.3 Å². The lowest BCUT2D eigenvalue weighted by Gasteiger charge is -2.18. The summed E-state index contributed by atoms with van der Waals surface area (Å²) in [7, 11) is 0. The maximum Gasteiger partial charge on any atom is 0.269 e. The molecule has 0 spiro atoms. The SMILES string of the molecule is CCSCC[C@@H](N)C(O)C(=O)NNC(=O)c1ccc(C(C)C)cc1.